The fourth-order valence-electron chi connectivity index (χ4n) is 4.33. The van der Waals surface area contributed by atoms with E-state index in [2.05, 4.69) is 10.2 Å². The molecule has 1 N–H and O–H groups in total. The van der Waals surface area contributed by atoms with Crippen LogP contribution in [0.3, 0.4) is 0 Å². The van der Waals surface area contributed by atoms with Gasteiger partial charge in [0, 0.05) is 28.7 Å². The molecule has 0 aliphatic carbocycles. The lowest BCUT2D eigenvalue weighted by Crippen LogP contribution is -2.25. The molecule has 1 saturated heterocycles. The molecule has 0 unspecified atom stereocenters. The van der Waals surface area contributed by atoms with E-state index in [4.69, 9.17) is 25.5 Å². The summed E-state index contributed by atoms with van der Waals surface area (Å²) in [6.45, 7) is 3.76. The number of benzene rings is 3. The smallest absolute Gasteiger partial charge is 0.291 e. The van der Waals surface area contributed by atoms with E-state index in [1.807, 2.05) is 48.5 Å². The number of halogens is 1. The highest BCUT2D eigenvalue weighted by molar-refractivity contribution is 6.30. The average Bonchev–Trinajstić information content (AvgIpc) is 3.55. The van der Waals surface area contributed by atoms with Crippen molar-refractivity contribution in [3.63, 3.8) is 0 Å². The third-order valence-corrected chi connectivity index (χ3v) is 6.45. The van der Waals surface area contributed by atoms with E-state index in [-0.39, 0.29) is 11.7 Å². The van der Waals surface area contributed by atoms with Gasteiger partial charge in [0.1, 0.15) is 12.2 Å². The number of anilines is 1. The van der Waals surface area contributed by atoms with Crippen LogP contribution in [0.5, 0.6) is 11.5 Å². The van der Waals surface area contributed by atoms with Gasteiger partial charge >= 0.3 is 0 Å². The highest BCUT2D eigenvalue weighted by Gasteiger charge is 2.16. The molecule has 5 rings (SSSR count). The van der Waals surface area contributed by atoms with Crippen molar-refractivity contribution in [1.82, 2.24) is 4.90 Å². The predicted octanol–water partition coefficient (Wildman–Crippen LogP) is 6.49. The summed E-state index contributed by atoms with van der Waals surface area (Å²) in [5.41, 5.74) is 3.30. The monoisotopic (exact) mass is 490 g/mol. The molecule has 4 aromatic rings. The zero-order valence-corrected chi connectivity index (χ0v) is 20.3. The molecule has 2 heterocycles. The van der Waals surface area contributed by atoms with Crippen LogP contribution in [0.25, 0.3) is 22.1 Å². The summed E-state index contributed by atoms with van der Waals surface area (Å²) < 4.78 is 17.2. The maximum Gasteiger partial charge on any atom is 0.291 e. The number of nitrogens with zero attached hydrogens (tertiary/aromatic N) is 1. The van der Waals surface area contributed by atoms with Crippen LogP contribution in [0.15, 0.2) is 71.1 Å². The number of likely N-dealkylation sites (tertiary alicyclic amines) is 1. The fourth-order valence-corrected chi connectivity index (χ4v) is 4.45. The Morgan fingerprint density at radius 2 is 1.74 bits per heavy atom. The van der Waals surface area contributed by atoms with Crippen LogP contribution in [0.4, 0.5) is 5.69 Å². The van der Waals surface area contributed by atoms with Gasteiger partial charge in [-0.25, -0.2) is 0 Å². The zero-order valence-electron chi connectivity index (χ0n) is 19.6. The first-order valence-electron chi connectivity index (χ1n) is 11.7. The van der Waals surface area contributed by atoms with Gasteiger partial charge in [-0.05, 0) is 79.5 Å². The Labute approximate surface area is 209 Å². The largest absolute Gasteiger partial charge is 0.493 e. The van der Waals surface area contributed by atoms with Gasteiger partial charge < -0.3 is 19.2 Å². The molecule has 0 saturated carbocycles. The van der Waals surface area contributed by atoms with Crippen molar-refractivity contribution >= 4 is 34.2 Å². The van der Waals surface area contributed by atoms with E-state index in [0.717, 1.165) is 36.1 Å². The number of methoxy groups -OCH3 is 1. The normalized spacial score (nSPS) is 13.8. The van der Waals surface area contributed by atoms with Gasteiger partial charge in [0.25, 0.3) is 5.91 Å². The highest BCUT2D eigenvalue weighted by atomic mass is 35.5. The van der Waals surface area contributed by atoms with Crippen molar-refractivity contribution in [2.75, 3.05) is 38.7 Å². The minimum atomic E-state index is -0.334. The minimum Gasteiger partial charge on any atom is -0.493 e. The van der Waals surface area contributed by atoms with Crippen molar-refractivity contribution in [2.45, 2.75) is 12.8 Å². The summed E-state index contributed by atoms with van der Waals surface area (Å²) in [6.07, 6.45) is 2.51. The number of rotatable bonds is 8. The number of carbonyl (C=O) groups is 1. The molecule has 1 fully saturated rings. The molecule has 0 bridgehead atoms. The number of ether oxygens (including phenoxy) is 2. The molecule has 6 nitrogen and oxygen atoms in total. The van der Waals surface area contributed by atoms with Crippen LogP contribution in [0.2, 0.25) is 5.02 Å². The Kier molecular flexibility index (Phi) is 6.93. The minimum absolute atomic E-state index is 0.234. The van der Waals surface area contributed by atoms with Crippen LogP contribution in [0.1, 0.15) is 23.4 Å². The molecule has 1 aliphatic rings. The van der Waals surface area contributed by atoms with Crippen LogP contribution in [-0.4, -0.2) is 44.2 Å². The number of fused-ring (bicyclic) bond motifs is 1. The van der Waals surface area contributed by atoms with E-state index in [1.54, 1.807) is 25.3 Å². The lowest BCUT2D eigenvalue weighted by Gasteiger charge is -2.16. The Bertz CT molecular complexity index is 1330. The molecule has 0 spiro atoms. The lowest BCUT2D eigenvalue weighted by atomic mass is 10.0. The van der Waals surface area contributed by atoms with Crippen LogP contribution < -0.4 is 14.8 Å². The molecule has 0 atom stereocenters. The summed E-state index contributed by atoms with van der Waals surface area (Å²) in [7, 11) is 1.59. The van der Waals surface area contributed by atoms with E-state index in [0.29, 0.717) is 34.4 Å². The highest BCUT2D eigenvalue weighted by Crippen LogP contribution is 2.31. The first-order chi connectivity index (χ1) is 17.1. The fraction of sp³-hybridized carbons (Fsp3) is 0.250. The maximum absolute atomic E-state index is 12.9. The van der Waals surface area contributed by atoms with Crippen molar-refractivity contribution in [3.05, 3.63) is 77.5 Å². The number of amides is 1. The second-order valence-corrected chi connectivity index (χ2v) is 9.02. The molecule has 1 aliphatic heterocycles. The summed E-state index contributed by atoms with van der Waals surface area (Å²) in [5.74, 6) is 1.13. The third-order valence-electron chi connectivity index (χ3n) is 6.20. The first kappa shape index (κ1) is 23.3. The second-order valence-electron chi connectivity index (χ2n) is 8.59. The van der Waals surface area contributed by atoms with Gasteiger partial charge in [0.2, 0.25) is 0 Å². The Hall–Kier alpha value is -3.48. The number of hydrogen-bond acceptors (Lipinski definition) is 5. The number of furan rings is 1. The van der Waals surface area contributed by atoms with E-state index in [1.165, 1.54) is 12.8 Å². The van der Waals surface area contributed by atoms with Crippen molar-refractivity contribution in [2.24, 2.45) is 0 Å². The van der Waals surface area contributed by atoms with Crippen LogP contribution in [-0.2, 0) is 0 Å². The van der Waals surface area contributed by atoms with E-state index < -0.39 is 0 Å². The van der Waals surface area contributed by atoms with Gasteiger partial charge in [-0.3, -0.25) is 9.69 Å². The molecule has 3 aromatic carbocycles. The van der Waals surface area contributed by atoms with Gasteiger partial charge in [-0.1, -0.05) is 29.8 Å². The summed E-state index contributed by atoms with van der Waals surface area (Å²) in [4.78, 5) is 15.3. The molecule has 180 valence electrons. The van der Waals surface area contributed by atoms with Crippen molar-refractivity contribution in [3.8, 4) is 22.6 Å². The Morgan fingerprint density at radius 3 is 2.51 bits per heavy atom. The maximum atomic E-state index is 12.9. The number of carbonyl (C=O) groups excluding carboxylic acids is 1. The molecule has 35 heavy (non-hydrogen) atoms. The van der Waals surface area contributed by atoms with Gasteiger partial charge in [0.15, 0.2) is 17.3 Å². The third kappa shape index (κ3) is 5.45. The Morgan fingerprint density at radius 1 is 0.971 bits per heavy atom. The summed E-state index contributed by atoms with van der Waals surface area (Å²) >= 11 is 6.00. The van der Waals surface area contributed by atoms with Gasteiger partial charge in [0.05, 0.1) is 7.11 Å². The Balaban J connectivity index is 1.26. The summed E-state index contributed by atoms with van der Waals surface area (Å²) in [6, 6.07) is 20.6. The zero-order chi connectivity index (χ0) is 24.2. The first-order valence-corrected chi connectivity index (χ1v) is 12.1. The lowest BCUT2D eigenvalue weighted by molar-refractivity contribution is 0.0998. The van der Waals surface area contributed by atoms with Gasteiger partial charge in [-0.15, -0.1) is 0 Å². The van der Waals surface area contributed by atoms with Crippen LogP contribution in [0, 0.1) is 0 Å². The van der Waals surface area contributed by atoms with Gasteiger partial charge in [-0.2, -0.15) is 0 Å². The average molecular weight is 491 g/mol. The molecule has 7 heteroatoms. The molecular formula is C28H27ClN2O4. The second kappa shape index (κ2) is 10.4. The SMILES string of the molecule is COc1cc(NC(=O)c2cc3cc(-c4ccc(Cl)cc4)ccc3o2)ccc1OCCN1CCCC1. The molecule has 1 aromatic heterocycles. The molecular weight excluding hydrogens is 464 g/mol. The standard InChI is InChI=1S/C28H27ClN2O4/c1-33-26-18-23(9-11-25(26)34-15-14-31-12-2-3-13-31)30-28(32)27-17-21-16-20(6-10-24(21)35-27)19-4-7-22(29)8-5-19/h4-11,16-18H,2-3,12-15H2,1H3,(H,30,32). The van der Waals surface area contributed by atoms with E-state index in [9.17, 15) is 4.79 Å². The molecule has 1 amide bonds. The van der Waals surface area contributed by atoms with Crippen LogP contribution >= 0.6 is 11.6 Å². The molecule has 0 radical (unpaired) electrons. The van der Waals surface area contributed by atoms with Crippen molar-refractivity contribution in [1.29, 1.82) is 0 Å². The van der Waals surface area contributed by atoms with E-state index >= 15 is 0 Å². The quantitative estimate of drug-likeness (QED) is 0.306. The topological polar surface area (TPSA) is 63.9 Å². The van der Waals surface area contributed by atoms with Crippen molar-refractivity contribution < 1.29 is 18.7 Å². The predicted molar refractivity (Wildman–Crippen MR) is 139 cm³/mol. The number of hydrogen-bond donors (Lipinski definition) is 1. The summed E-state index contributed by atoms with van der Waals surface area (Å²) in [5, 5.41) is 4.42. The number of nitrogens with one attached hydrogen (secondary N) is 1.